The SMILES string of the molecule is CC(C)(C[Si](C)(C)OC(C)(C)C)[NH][Zr+2][C]1=CC=CC1.[Cl-].[Cl-]. The van der Waals surface area contributed by atoms with Crippen LogP contribution in [0.25, 0.3) is 0 Å². The molecule has 0 heterocycles. The zero-order chi connectivity index (χ0) is 14.7. The van der Waals surface area contributed by atoms with Crippen LogP contribution in [0.4, 0.5) is 0 Å². The van der Waals surface area contributed by atoms with Crippen LogP contribution in [0.15, 0.2) is 21.5 Å². The van der Waals surface area contributed by atoms with Gasteiger partial charge in [-0.2, -0.15) is 0 Å². The molecule has 0 spiro atoms. The van der Waals surface area contributed by atoms with Gasteiger partial charge in [0.05, 0.1) is 0 Å². The van der Waals surface area contributed by atoms with Crippen LogP contribution < -0.4 is 28.1 Å². The van der Waals surface area contributed by atoms with Crippen molar-refractivity contribution in [3.8, 4) is 0 Å². The van der Waals surface area contributed by atoms with Gasteiger partial charge >= 0.3 is 132 Å². The maximum absolute atomic E-state index is 6.32. The van der Waals surface area contributed by atoms with Crippen LogP contribution in [0.1, 0.15) is 41.0 Å². The van der Waals surface area contributed by atoms with Crippen molar-refractivity contribution < 1.29 is 52.8 Å². The average Bonchev–Trinajstić information content (AvgIpc) is 2.60. The van der Waals surface area contributed by atoms with Gasteiger partial charge in [0, 0.05) is 0 Å². The first kappa shape index (κ1) is 24.3. The Morgan fingerprint density at radius 3 is 2.19 bits per heavy atom. The van der Waals surface area contributed by atoms with Crippen molar-refractivity contribution in [2.45, 2.75) is 71.3 Å². The Labute approximate surface area is 156 Å². The predicted octanol–water partition coefficient (Wildman–Crippen LogP) is -1.78. The van der Waals surface area contributed by atoms with Crippen molar-refractivity contribution in [2.24, 2.45) is 0 Å². The molecule has 2 nitrogen and oxygen atoms in total. The Bertz CT molecular complexity index is 376. The molecule has 1 aliphatic carbocycles. The summed E-state index contributed by atoms with van der Waals surface area (Å²) in [6.07, 6.45) is 7.91. The van der Waals surface area contributed by atoms with Crippen LogP contribution >= 0.6 is 0 Å². The van der Waals surface area contributed by atoms with Gasteiger partial charge < -0.3 is 24.8 Å². The van der Waals surface area contributed by atoms with E-state index in [0.717, 1.165) is 0 Å². The average molecular weight is 430 g/mol. The normalized spacial score (nSPS) is 14.9. The molecule has 0 bridgehead atoms. The molecule has 0 unspecified atom stereocenters. The zero-order valence-corrected chi connectivity index (χ0v) is 19.3. The molecule has 0 aromatic heterocycles. The van der Waals surface area contributed by atoms with Crippen molar-refractivity contribution in [3.05, 3.63) is 21.5 Å². The molecule has 0 fully saturated rings. The zero-order valence-electron chi connectivity index (χ0n) is 14.3. The second-order valence-electron chi connectivity index (χ2n) is 7.61. The topological polar surface area (TPSA) is 21.3 Å². The van der Waals surface area contributed by atoms with Gasteiger partial charge in [-0.3, -0.25) is 0 Å². The van der Waals surface area contributed by atoms with E-state index in [1.165, 1.54) is 12.5 Å². The fraction of sp³-hybridized carbons (Fsp3) is 0.733. The number of nitrogens with one attached hydrogen (secondary N) is 1. The third-order valence-electron chi connectivity index (χ3n) is 2.78. The fourth-order valence-corrected chi connectivity index (χ4v) is 9.57. The summed E-state index contributed by atoms with van der Waals surface area (Å²) in [4.78, 5) is 0. The number of rotatable bonds is 6. The predicted molar refractivity (Wildman–Crippen MR) is 82.2 cm³/mol. The van der Waals surface area contributed by atoms with Gasteiger partial charge in [-0.05, 0) is 0 Å². The van der Waals surface area contributed by atoms with E-state index in [-0.39, 0.29) is 36.0 Å². The summed E-state index contributed by atoms with van der Waals surface area (Å²) in [5, 5.41) is 0. The molecule has 0 amide bonds. The number of hydrogen-bond acceptors (Lipinski definition) is 2. The molecule has 0 atom stereocenters. The van der Waals surface area contributed by atoms with Gasteiger partial charge in [0.2, 0.25) is 0 Å². The van der Waals surface area contributed by atoms with Gasteiger partial charge in [-0.25, -0.2) is 0 Å². The van der Waals surface area contributed by atoms with Crippen molar-refractivity contribution in [2.75, 3.05) is 0 Å². The molecule has 1 rings (SSSR count). The van der Waals surface area contributed by atoms with Crippen LogP contribution in [0, 0.1) is 0 Å². The van der Waals surface area contributed by atoms with Crippen LogP contribution in [-0.4, -0.2) is 19.5 Å². The minimum atomic E-state index is -1.62. The van der Waals surface area contributed by atoms with E-state index in [1.807, 2.05) is 0 Å². The van der Waals surface area contributed by atoms with Crippen LogP contribution in [0.2, 0.25) is 19.1 Å². The van der Waals surface area contributed by atoms with E-state index < -0.39 is 31.8 Å². The van der Waals surface area contributed by atoms with Gasteiger partial charge in [0.25, 0.3) is 0 Å². The van der Waals surface area contributed by atoms with E-state index in [4.69, 9.17) is 4.43 Å². The summed E-state index contributed by atoms with van der Waals surface area (Å²) in [5.74, 6) is 0. The summed E-state index contributed by atoms with van der Waals surface area (Å²) < 4.78 is 11.8. The summed E-state index contributed by atoms with van der Waals surface area (Å²) in [6.45, 7) is 15.8. The Hall–Kier alpha value is 1.08. The molecule has 1 aliphatic rings. The molecule has 0 saturated carbocycles. The second kappa shape index (κ2) is 9.39. The molecule has 122 valence electrons. The van der Waals surface area contributed by atoms with Gasteiger partial charge in [-0.1, -0.05) is 0 Å². The summed E-state index contributed by atoms with van der Waals surface area (Å²) >= 11 is -0.603. The summed E-state index contributed by atoms with van der Waals surface area (Å²) in [7, 11) is -1.62. The van der Waals surface area contributed by atoms with Crippen molar-refractivity contribution in [1.82, 2.24) is 3.26 Å². The first-order valence-corrected chi connectivity index (χ1v) is 12.7. The van der Waals surface area contributed by atoms with Gasteiger partial charge in [-0.15, -0.1) is 0 Å². The molecular weight excluding hydrogens is 400 g/mol. The Morgan fingerprint density at radius 1 is 1.19 bits per heavy atom. The molecule has 0 radical (unpaired) electrons. The Morgan fingerprint density at radius 2 is 1.76 bits per heavy atom. The molecule has 0 saturated heterocycles. The van der Waals surface area contributed by atoms with Gasteiger partial charge in [0.15, 0.2) is 0 Å². The molecule has 0 aromatic rings. The van der Waals surface area contributed by atoms with E-state index in [0.29, 0.717) is 0 Å². The van der Waals surface area contributed by atoms with Crippen molar-refractivity contribution >= 4 is 8.32 Å². The second-order valence-corrected chi connectivity index (χ2v) is 14.5. The van der Waals surface area contributed by atoms with E-state index in [2.05, 4.69) is 69.2 Å². The van der Waals surface area contributed by atoms with Crippen molar-refractivity contribution in [3.63, 3.8) is 0 Å². The van der Waals surface area contributed by atoms with Crippen LogP contribution in [0.5, 0.6) is 0 Å². The molecule has 6 heteroatoms. The van der Waals surface area contributed by atoms with Crippen LogP contribution in [0.3, 0.4) is 0 Å². The molecule has 0 aliphatic heterocycles. The Balaban J connectivity index is 0. The van der Waals surface area contributed by atoms with E-state index >= 15 is 0 Å². The van der Waals surface area contributed by atoms with Crippen molar-refractivity contribution in [1.29, 1.82) is 0 Å². The third-order valence-corrected chi connectivity index (χ3v) is 9.35. The maximum Gasteiger partial charge on any atom is -1.00 e. The molecule has 0 aromatic carbocycles. The van der Waals surface area contributed by atoms with E-state index in [1.54, 1.807) is 3.28 Å². The maximum atomic E-state index is 6.32. The first-order valence-electron chi connectivity index (χ1n) is 7.08. The number of hydrogen-bond donors (Lipinski definition) is 1. The number of halogens is 2. The largest absolute Gasteiger partial charge is 1.00 e. The van der Waals surface area contributed by atoms with Crippen LogP contribution in [-0.2, 0) is 28.0 Å². The monoisotopic (exact) mass is 427 g/mol. The molecule has 1 N–H and O–H groups in total. The minimum Gasteiger partial charge on any atom is -1.00 e. The quantitative estimate of drug-likeness (QED) is 0.505. The minimum absolute atomic E-state index is 0. The third kappa shape index (κ3) is 11.3. The summed E-state index contributed by atoms with van der Waals surface area (Å²) in [5.41, 5.74) is 0.181. The smallest absolute Gasteiger partial charge is 1.00 e. The summed E-state index contributed by atoms with van der Waals surface area (Å²) in [6, 6.07) is 1.17. The first-order chi connectivity index (χ1) is 8.49. The van der Waals surface area contributed by atoms with E-state index in [9.17, 15) is 0 Å². The standard InChI is InChI=1S/C10H24NOSi.C5H5.2ClH.Zr/c1-9(2,3)12-13(6,7)8-10(4,5)11;1-2-4-5-3-1;;;/h11H,8H2,1-7H3;1-3H,4H2;2*1H;/q-1;;;;+3/p-2. The molecular formula is C15H29Cl2NOSiZr. The molecule has 21 heavy (non-hydrogen) atoms. The van der Waals surface area contributed by atoms with Gasteiger partial charge in [0.1, 0.15) is 0 Å². The fourth-order valence-electron chi connectivity index (χ4n) is 2.76. The number of allylic oxidation sites excluding steroid dienone is 4. The Kier molecular flexibility index (Phi) is 10.9.